The maximum absolute atomic E-state index is 10.7. The summed E-state index contributed by atoms with van der Waals surface area (Å²) in [6.45, 7) is 7.84. The molecule has 3 nitrogen and oxygen atoms in total. The number of hydrogen-bond donors (Lipinski definition) is 1. The summed E-state index contributed by atoms with van der Waals surface area (Å²) in [5, 5.41) is 0. The molecule has 0 amide bonds. The zero-order valence-electron chi connectivity index (χ0n) is 9.83. The molecule has 15 heavy (non-hydrogen) atoms. The highest BCUT2D eigenvalue weighted by atomic mass is 16.5. The summed E-state index contributed by atoms with van der Waals surface area (Å²) in [6, 6.07) is 7.61. The van der Waals surface area contributed by atoms with E-state index in [1.165, 1.54) is 12.5 Å². The molecule has 0 spiro atoms. The highest BCUT2D eigenvalue weighted by molar-refractivity contribution is 5.69. The van der Waals surface area contributed by atoms with E-state index in [2.05, 4.69) is 20.8 Å². The van der Waals surface area contributed by atoms with E-state index in [1.54, 1.807) is 0 Å². The summed E-state index contributed by atoms with van der Waals surface area (Å²) in [5.74, 6) is 0.319. The molecule has 3 heteroatoms. The lowest BCUT2D eigenvalue weighted by Gasteiger charge is -2.18. The number of carbonyl (C=O) groups is 1. The second-order valence-electron chi connectivity index (χ2n) is 4.37. The van der Waals surface area contributed by atoms with Crippen molar-refractivity contribution in [2.75, 3.05) is 0 Å². The number of carbonyl (C=O) groups excluding carboxylic acids is 1. The average molecular weight is 209 g/mol. The van der Waals surface area contributed by atoms with Gasteiger partial charge in [0.2, 0.25) is 0 Å². The molecule has 0 aromatic heterocycles. The molecule has 84 valence electrons. The van der Waals surface area contributed by atoms with Gasteiger partial charge >= 0.3 is 5.97 Å². The first kappa shape index (κ1) is 13.7. The van der Waals surface area contributed by atoms with Crippen molar-refractivity contribution in [1.29, 1.82) is 0 Å². The van der Waals surface area contributed by atoms with Gasteiger partial charge in [-0.25, -0.2) is 0 Å². The van der Waals surface area contributed by atoms with Gasteiger partial charge in [-0.2, -0.15) is 0 Å². The van der Waals surface area contributed by atoms with Crippen LogP contribution in [-0.2, 0) is 10.2 Å². The maximum Gasteiger partial charge on any atom is 0.308 e. The van der Waals surface area contributed by atoms with Crippen LogP contribution in [0.1, 0.15) is 33.3 Å². The number of benzene rings is 1. The van der Waals surface area contributed by atoms with Crippen LogP contribution in [0.25, 0.3) is 0 Å². The van der Waals surface area contributed by atoms with Crippen molar-refractivity contribution in [2.24, 2.45) is 0 Å². The average Bonchev–Trinajstić information content (AvgIpc) is 2.02. The van der Waals surface area contributed by atoms with Crippen molar-refractivity contribution < 1.29 is 9.53 Å². The molecule has 0 saturated carbocycles. The van der Waals surface area contributed by atoms with E-state index in [1.807, 2.05) is 24.3 Å². The Bertz CT molecular complexity index is 322. The highest BCUT2D eigenvalue weighted by Crippen LogP contribution is 2.24. The fraction of sp³-hybridized carbons (Fsp3) is 0.417. The molecule has 0 fully saturated rings. The number of esters is 1. The Morgan fingerprint density at radius 2 is 1.60 bits per heavy atom. The Morgan fingerprint density at radius 3 is 1.93 bits per heavy atom. The minimum atomic E-state index is -0.284. The topological polar surface area (TPSA) is 61.3 Å². The minimum absolute atomic E-state index is 0. The lowest BCUT2D eigenvalue weighted by Crippen LogP contribution is -2.10. The summed E-state index contributed by atoms with van der Waals surface area (Å²) in [5.41, 5.74) is 1.36. The first-order valence-electron chi connectivity index (χ1n) is 4.68. The molecule has 1 rings (SSSR count). The largest absolute Gasteiger partial charge is 0.427 e. The second-order valence-corrected chi connectivity index (χ2v) is 4.37. The standard InChI is InChI=1S/C12H16O2.H3N/c1-9(13)14-11-7-5-10(6-8-11)12(2,3)4;/h5-8H,1-4H3;1H3. The number of rotatable bonds is 1. The Hall–Kier alpha value is -1.35. The van der Waals surface area contributed by atoms with Gasteiger partial charge in [0, 0.05) is 6.92 Å². The lowest BCUT2D eigenvalue weighted by atomic mass is 9.87. The van der Waals surface area contributed by atoms with Crippen LogP contribution in [0.2, 0.25) is 0 Å². The summed E-state index contributed by atoms with van der Waals surface area (Å²) < 4.78 is 4.94. The van der Waals surface area contributed by atoms with E-state index in [9.17, 15) is 4.79 Å². The fourth-order valence-corrected chi connectivity index (χ4v) is 1.19. The smallest absolute Gasteiger partial charge is 0.308 e. The Kier molecular flexibility index (Phi) is 4.49. The van der Waals surface area contributed by atoms with Crippen LogP contribution in [0.5, 0.6) is 5.75 Å². The maximum atomic E-state index is 10.7. The Balaban J connectivity index is 0.00000196. The third kappa shape index (κ3) is 4.13. The van der Waals surface area contributed by atoms with Crippen molar-refractivity contribution in [3.8, 4) is 5.75 Å². The molecule has 0 aliphatic heterocycles. The van der Waals surface area contributed by atoms with Crippen molar-refractivity contribution in [2.45, 2.75) is 33.1 Å². The Labute approximate surface area is 91.0 Å². The third-order valence-corrected chi connectivity index (χ3v) is 1.98. The second kappa shape index (κ2) is 4.94. The molecule has 0 heterocycles. The number of ether oxygens (including phenoxy) is 1. The van der Waals surface area contributed by atoms with E-state index >= 15 is 0 Å². The van der Waals surface area contributed by atoms with Crippen LogP contribution in [0.15, 0.2) is 24.3 Å². The SMILES string of the molecule is CC(=O)Oc1ccc(C(C)(C)C)cc1.N. The van der Waals surface area contributed by atoms with Gasteiger partial charge in [0.15, 0.2) is 0 Å². The van der Waals surface area contributed by atoms with Crippen LogP contribution < -0.4 is 10.9 Å². The summed E-state index contributed by atoms with van der Waals surface area (Å²) in [7, 11) is 0. The van der Waals surface area contributed by atoms with Gasteiger partial charge in [-0.1, -0.05) is 32.9 Å². The van der Waals surface area contributed by atoms with Crippen LogP contribution in [0.4, 0.5) is 0 Å². The van der Waals surface area contributed by atoms with Crippen molar-refractivity contribution >= 4 is 5.97 Å². The Morgan fingerprint density at radius 1 is 1.13 bits per heavy atom. The zero-order chi connectivity index (χ0) is 10.8. The third-order valence-electron chi connectivity index (χ3n) is 1.98. The molecule has 0 radical (unpaired) electrons. The van der Waals surface area contributed by atoms with Crippen LogP contribution in [0, 0.1) is 0 Å². The quantitative estimate of drug-likeness (QED) is 0.571. The van der Waals surface area contributed by atoms with Gasteiger partial charge in [-0.05, 0) is 23.1 Å². The van der Waals surface area contributed by atoms with E-state index in [-0.39, 0.29) is 17.5 Å². The van der Waals surface area contributed by atoms with Gasteiger partial charge in [0.1, 0.15) is 5.75 Å². The minimum Gasteiger partial charge on any atom is -0.427 e. The monoisotopic (exact) mass is 209 g/mol. The van der Waals surface area contributed by atoms with Crippen molar-refractivity contribution in [3.63, 3.8) is 0 Å². The van der Waals surface area contributed by atoms with Gasteiger partial charge < -0.3 is 10.9 Å². The van der Waals surface area contributed by atoms with E-state index < -0.39 is 0 Å². The predicted octanol–water partition coefficient (Wildman–Crippen LogP) is 3.07. The molecule has 0 bridgehead atoms. The van der Waals surface area contributed by atoms with Gasteiger partial charge in [0.05, 0.1) is 0 Å². The molecule has 0 unspecified atom stereocenters. The van der Waals surface area contributed by atoms with Crippen LogP contribution >= 0.6 is 0 Å². The van der Waals surface area contributed by atoms with Gasteiger partial charge in [-0.3, -0.25) is 4.79 Å². The molecule has 0 aliphatic rings. The van der Waals surface area contributed by atoms with Crippen molar-refractivity contribution in [3.05, 3.63) is 29.8 Å². The summed E-state index contributed by atoms with van der Waals surface area (Å²) in [6.07, 6.45) is 0. The molecule has 1 aromatic rings. The first-order valence-corrected chi connectivity index (χ1v) is 4.68. The fourth-order valence-electron chi connectivity index (χ4n) is 1.19. The van der Waals surface area contributed by atoms with E-state index in [0.29, 0.717) is 5.75 Å². The zero-order valence-corrected chi connectivity index (χ0v) is 9.83. The number of hydrogen-bond acceptors (Lipinski definition) is 3. The molecule has 3 N–H and O–H groups in total. The van der Waals surface area contributed by atoms with E-state index in [4.69, 9.17) is 4.74 Å². The first-order chi connectivity index (χ1) is 6.39. The van der Waals surface area contributed by atoms with Crippen LogP contribution in [0.3, 0.4) is 0 Å². The summed E-state index contributed by atoms with van der Waals surface area (Å²) in [4.78, 5) is 10.7. The van der Waals surface area contributed by atoms with Crippen molar-refractivity contribution in [1.82, 2.24) is 6.15 Å². The van der Waals surface area contributed by atoms with E-state index in [0.717, 1.165) is 0 Å². The van der Waals surface area contributed by atoms with Gasteiger partial charge in [0.25, 0.3) is 0 Å². The highest BCUT2D eigenvalue weighted by Gasteiger charge is 2.12. The molecule has 1 aromatic carbocycles. The molecular weight excluding hydrogens is 190 g/mol. The molecule has 0 saturated heterocycles. The summed E-state index contributed by atoms with van der Waals surface area (Å²) >= 11 is 0. The van der Waals surface area contributed by atoms with Gasteiger partial charge in [-0.15, -0.1) is 0 Å². The molecule has 0 aliphatic carbocycles. The predicted molar refractivity (Wildman–Crippen MR) is 61.5 cm³/mol. The lowest BCUT2D eigenvalue weighted by molar-refractivity contribution is -0.131. The normalized spacial score (nSPS) is 10.4. The van der Waals surface area contributed by atoms with Crippen LogP contribution in [-0.4, -0.2) is 5.97 Å². The molecule has 0 atom stereocenters. The molecular formula is C12H19NO2.